The van der Waals surface area contributed by atoms with Crippen LogP contribution in [-0.4, -0.2) is 34.6 Å². The van der Waals surface area contributed by atoms with E-state index in [1.807, 2.05) is 36.4 Å². The third-order valence-electron chi connectivity index (χ3n) is 6.56. The van der Waals surface area contributed by atoms with E-state index in [4.69, 9.17) is 9.15 Å². The molecule has 0 spiro atoms. The number of esters is 1. The van der Waals surface area contributed by atoms with Crippen molar-refractivity contribution in [2.75, 3.05) is 13.7 Å². The van der Waals surface area contributed by atoms with Gasteiger partial charge in [0, 0.05) is 30.7 Å². The summed E-state index contributed by atoms with van der Waals surface area (Å²) in [6.07, 6.45) is 2.47. The van der Waals surface area contributed by atoms with Gasteiger partial charge in [0.2, 0.25) is 11.2 Å². The van der Waals surface area contributed by atoms with Crippen LogP contribution in [-0.2, 0) is 29.0 Å². The van der Waals surface area contributed by atoms with Crippen LogP contribution < -0.4 is 5.43 Å². The summed E-state index contributed by atoms with van der Waals surface area (Å²) in [5.74, 6) is -1.18. The fourth-order valence-corrected chi connectivity index (χ4v) is 4.79. The molecule has 35 heavy (non-hydrogen) atoms. The van der Waals surface area contributed by atoms with Crippen molar-refractivity contribution in [3.05, 3.63) is 105 Å². The number of hydrogen-bond donors (Lipinski definition) is 1. The second-order valence-electron chi connectivity index (χ2n) is 8.77. The molecule has 2 aromatic heterocycles. The smallest absolute Gasteiger partial charge is 0.306 e. The van der Waals surface area contributed by atoms with Gasteiger partial charge in [-0.15, -0.1) is 0 Å². The molecule has 0 saturated heterocycles. The van der Waals surface area contributed by atoms with Crippen molar-refractivity contribution >= 4 is 16.9 Å². The number of methoxy groups -OCH3 is 1. The van der Waals surface area contributed by atoms with Gasteiger partial charge in [-0.2, -0.15) is 0 Å². The molecular formula is C28H26N2O5. The average Bonchev–Trinajstić information content (AvgIpc) is 2.89. The lowest BCUT2D eigenvalue weighted by molar-refractivity contribution is -0.140. The zero-order valence-corrected chi connectivity index (χ0v) is 19.4. The molecule has 1 atom stereocenters. The maximum Gasteiger partial charge on any atom is 0.306 e. The lowest BCUT2D eigenvalue weighted by atomic mass is 9.90. The minimum Gasteiger partial charge on any atom is -0.502 e. The Hall–Kier alpha value is -3.97. The molecule has 3 heterocycles. The molecule has 7 nitrogen and oxygen atoms in total. The first-order valence-corrected chi connectivity index (χ1v) is 11.6. The Morgan fingerprint density at radius 2 is 1.91 bits per heavy atom. The van der Waals surface area contributed by atoms with Crippen molar-refractivity contribution < 1.29 is 19.1 Å². The Morgan fingerprint density at radius 3 is 2.74 bits per heavy atom. The number of carbonyl (C=O) groups is 1. The molecule has 1 aliphatic rings. The van der Waals surface area contributed by atoms with E-state index in [1.54, 1.807) is 12.3 Å². The topological polar surface area (TPSA) is 92.9 Å². The molecule has 1 N–H and O–H groups in total. The van der Waals surface area contributed by atoms with E-state index in [0.717, 1.165) is 36.0 Å². The number of para-hydroxylation sites is 1. The summed E-state index contributed by atoms with van der Waals surface area (Å²) in [6.45, 7) is 1.99. The molecule has 0 bridgehead atoms. The molecule has 4 aromatic rings. The van der Waals surface area contributed by atoms with Gasteiger partial charge in [0.05, 0.1) is 31.5 Å². The molecular weight excluding hydrogens is 444 g/mol. The van der Waals surface area contributed by atoms with Crippen molar-refractivity contribution in [1.29, 1.82) is 0 Å². The highest BCUT2D eigenvalue weighted by atomic mass is 16.5. The molecule has 0 fully saturated rings. The zero-order chi connectivity index (χ0) is 24.4. The number of rotatable bonds is 6. The molecule has 2 aromatic carbocycles. The first-order chi connectivity index (χ1) is 17.0. The van der Waals surface area contributed by atoms with Gasteiger partial charge in [-0.3, -0.25) is 19.5 Å². The van der Waals surface area contributed by atoms with Crippen LogP contribution in [0.2, 0.25) is 0 Å². The van der Waals surface area contributed by atoms with E-state index in [9.17, 15) is 14.7 Å². The van der Waals surface area contributed by atoms with Crippen molar-refractivity contribution in [2.24, 2.45) is 0 Å². The van der Waals surface area contributed by atoms with Crippen LogP contribution in [0.4, 0.5) is 0 Å². The third kappa shape index (κ3) is 4.68. The van der Waals surface area contributed by atoms with Crippen molar-refractivity contribution in [2.45, 2.75) is 31.8 Å². The Labute approximate surface area is 202 Å². The summed E-state index contributed by atoms with van der Waals surface area (Å²) in [7, 11) is 1.31. The molecule has 0 amide bonds. The number of benzene rings is 2. The molecule has 0 radical (unpaired) electrons. The number of fused-ring (bicyclic) bond motifs is 2. The summed E-state index contributed by atoms with van der Waals surface area (Å²) in [5.41, 5.74) is 3.52. The van der Waals surface area contributed by atoms with Gasteiger partial charge < -0.3 is 14.3 Å². The fraction of sp³-hybridized carbons (Fsp3) is 0.250. The normalized spacial score (nSPS) is 14.4. The standard InChI is InChI=1S/C28H26N2O5/c1-34-26(32)15-23(21-10-12-29-24-9-5-4-8-22(21)24)28-27(33)25(31)14-20(35-28)17-30-13-11-18-6-2-3-7-19(18)16-30/h2-10,12,14,23,33H,11,13,15-17H2,1H3/t23-/m1/s1. The van der Waals surface area contributed by atoms with Crippen LogP contribution in [0.25, 0.3) is 10.9 Å². The molecule has 5 rings (SSSR count). The Bertz CT molecular complexity index is 1440. The molecule has 0 unspecified atom stereocenters. The Kier molecular flexibility index (Phi) is 6.33. The van der Waals surface area contributed by atoms with Crippen molar-refractivity contribution in [3.8, 4) is 5.75 Å². The first-order valence-electron chi connectivity index (χ1n) is 11.6. The summed E-state index contributed by atoms with van der Waals surface area (Å²) in [4.78, 5) is 31.8. The SMILES string of the molecule is COC(=O)C[C@@H](c1oc(CN2CCc3ccccc3C2)cc(=O)c1O)c1ccnc2ccccc12. The van der Waals surface area contributed by atoms with E-state index in [1.165, 1.54) is 24.3 Å². The van der Waals surface area contributed by atoms with E-state index in [2.05, 4.69) is 22.0 Å². The van der Waals surface area contributed by atoms with Crippen LogP contribution >= 0.6 is 0 Å². The van der Waals surface area contributed by atoms with Gasteiger partial charge in [-0.1, -0.05) is 42.5 Å². The average molecular weight is 471 g/mol. The second-order valence-corrected chi connectivity index (χ2v) is 8.77. The van der Waals surface area contributed by atoms with Gasteiger partial charge in [-0.05, 0) is 35.2 Å². The van der Waals surface area contributed by atoms with E-state index >= 15 is 0 Å². The van der Waals surface area contributed by atoms with Crippen LogP contribution in [0.15, 0.2) is 76.1 Å². The highest BCUT2D eigenvalue weighted by Gasteiger charge is 2.28. The van der Waals surface area contributed by atoms with E-state index < -0.39 is 23.1 Å². The second kappa shape index (κ2) is 9.72. The van der Waals surface area contributed by atoms with Crippen LogP contribution in [0.5, 0.6) is 5.75 Å². The maximum atomic E-state index is 12.8. The quantitative estimate of drug-likeness (QED) is 0.423. The highest BCUT2D eigenvalue weighted by Crippen LogP contribution is 2.36. The predicted octanol–water partition coefficient (Wildman–Crippen LogP) is 4.15. The number of aromatic hydroxyl groups is 1. The number of hydrogen-bond acceptors (Lipinski definition) is 7. The van der Waals surface area contributed by atoms with Gasteiger partial charge in [0.25, 0.3) is 0 Å². The molecule has 178 valence electrons. The number of ether oxygens (including phenoxy) is 1. The summed E-state index contributed by atoms with van der Waals surface area (Å²) in [6, 6.07) is 19.0. The minimum atomic E-state index is -0.718. The van der Waals surface area contributed by atoms with Crippen LogP contribution in [0.1, 0.15) is 40.5 Å². The van der Waals surface area contributed by atoms with Crippen LogP contribution in [0, 0.1) is 0 Å². The largest absolute Gasteiger partial charge is 0.502 e. The minimum absolute atomic E-state index is 0.0617. The Balaban J connectivity index is 1.54. The number of carbonyl (C=O) groups excluding carboxylic acids is 1. The Morgan fingerprint density at radius 1 is 1.14 bits per heavy atom. The highest BCUT2D eigenvalue weighted by molar-refractivity contribution is 5.84. The van der Waals surface area contributed by atoms with Gasteiger partial charge in [-0.25, -0.2) is 0 Å². The molecule has 0 aliphatic carbocycles. The first kappa shape index (κ1) is 22.8. The van der Waals surface area contributed by atoms with E-state index in [-0.39, 0.29) is 12.2 Å². The molecule has 0 saturated carbocycles. The lowest BCUT2D eigenvalue weighted by Gasteiger charge is -2.28. The van der Waals surface area contributed by atoms with Crippen molar-refractivity contribution in [3.63, 3.8) is 0 Å². The monoisotopic (exact) mass is 470 g/mol. The van der Waals surface area contributed by atoms with E-state index in [0.29, 0.717) is 12.3 Å². The lowest BCUT2D eigenvalue weighted by Crippen LogP contribution is -2.30. The molecule has 7 heteroatoms. The van der Waals surface area contributed by atoms with Gasteiger partial charge in [0.1, 0.15) is 5.76 Å². The van der Waals surface area contributed by atoms with Crippen molar-refractivity contribution in [1.82, 2.24) is 9.88 Å². The zero-order valence-electron chi connectivity index (χ0n) is 19.4. The number of aromatic nitrogens is 1. The number of nitrogens with zero attached hydrogens (tertiary/aromatic N) is 2. The molecule has 1 aliphatic heterocycles. The van der Waals surface area contributed by atoms with Crippen LogP contribution in [0.3, 0.4) is 0 Å². The van der Waals surface area contributed by atoms with Gasteiger partial charge in [0.15, 0.2) is 5.76 Å². The summed E-state index contributed by atoms with van der Waals surface area (Å²) >= 11 is 0. The van der Waals surface area contributed by atoms with Gasteiger partial charge >= 0.3 is 5.97 Å². The summed E-state index contributed by atoms with van der Waals surface area (Å²) < 4.78 is 11.1. The summed E-state index contributed by atoms with van der Waals surface area (Å²) in [5, 5.41) is 11.6. The predicted molar refractivity (Wildman–Crippen MR) is 131 cm³/mol. The maximum absolute atomic E-state index is 12.8. The number of pyridine rings is 1. The third-order valence-corrected chi connectivity index (χ3v) is 6.56. The fourth-order valence-electron chi connectivity index (χ4n) is 4.79.